The molecule has 0 unspecified atom stereocenters. The minimum Gasteiger partial charge on any atom is -0.309 e. The number of fused-ring (bicyclic) bond motifs is 9. The summed E-state index contributed by atoms with van der Waals surface area (Å²) in [5.74, 6) is 0. The summed E-state index contributed by atoms with van der Waals surface area (Å²) in [6, 6.07) is 134. The third kappa shape index (κ3) is 11.2. The Morgan fingerprint density at radius 3 is 0.990 bits per heavy atom. The fraction of sp³-hybridized carbons (Fsp3) is 0.0101. The molecule has 19 rings (SSSR count). The quantitative estimate of drug-likeness (QED) is 0.0950. The van der Waals surface area contributed by atoms with E-state index in [1.807, 2.05) is 36.4 Å². The summed E-state index contributed by atoms with van der Waals surface area (Å²) in [6.07, 6.45) is 0. The van der Waals surface area contributed by atoms with Gasteiger partial charge in [-0.2, -0.15) is 0 Å². The number of benzene rings is 18. The minimum atomic E-state index is 0.605. The zero-order chi connectivity index (χ0) is 69.6. The monoisotopic (exact) mass is 1320 g/mol. The largest absolute Gasteiger partial charge is 0.309 e. The first-order valence-corrected chi connectivity index (χ1v) is 35.2. The molecule has 5 nitrogen and oxygen atoms in total. The predicted molar refractivity (Wildman–Crippen MR) is 441 cm³/mol. The van der Waals surface area contributed by atoms with Crippen LogP contribution >= 0.6 is 0 Å². The molecule has 0 saturated carbocycles. The number of aromatic nitrogens is 1. The second-order valence-corrected chi connectivity index (χ2v) is 26.6. The molecule has 1 aromatic heterocycles. The number of anilines is 6. The Kier molecular flexibility index (Phi) is 15.9. The molecule has 0 N–H and O–H groups in total. The van der Waals surface area contributed by atoms with Crippen LogP contribution in [0.15, 0.2) is 376 Å². The van der Waals surface area contributed by atoms with Crippen molar-refractivity contribution in [3.05, 3.63) is 405 Å². The highest BCUT2D eigenvalue weighted by molar-refractivity contribution is 6.24. The molecule has 0 saturated heterocycles. The molecule has 0 spiro atoms. The Hall–Kier alpha value is -14.1. The molecule has 0 aliphatic carbocycles. The average molecular weight is 1320 g/mol. The van der Waals surface area contributed by atoms with E-state index >= 15 is 0 Å². The van der Waals surface area contributed by atoms with Crippen molar-refractivity contribution >= 4 is 132 Å². The van der Waals surface area contributed by atoms with E-state index in [0.29, 0.717) is 11.4 Å². The second kappa shape index (κ2) is 26.5. The highest BCUT2D eigenvalue weighted by Crippen LogP contribution is 2.52. The van der Waals surface area contributed by atoms with Crippen molar-refractivity contribution in [2.45, 2.75) is 6.92 Å². The average Bonchev–Trinajstić information content (AvgIpc) is 1.11. The van der Waals surface area contributed by atoms with Crippen molar-refractivity contribution in [2.24, 2.45) is 0 Å². The summed E-state index contributed by atoms with van der Waals surface area (Å²) in [5.41, 5.74) is 21.7. The van der Waals surface area contributed by atoms with Crippen molar-refractivity contribution in [1.82, 2.24) is 4.57 Å². The Labute approximate surface area is 604 Å². The van der Waals surface area contributed by atoms with Crippen LogP contribution in [0.1, 0.15) is 5.56 Å². The van der Waals surface area contributed by atoms with E-state index in [2.05, 4.69) is 371 Å². The normalized spacial score (nSPS) is 11.3. The number of aryl methyl sites for hydroxylation is 1. The molecule has 0 aliphatic rings. The molecule has 19 aromatic rings. The summed E-state index contributed by atoms with van der Waals surface area (Å²) in [4.78, 5) is 12.1. The van der Waals surface area contributed by atoms with Gasteiger partial charge in [-0.3, -0.25) is 0 Å². The van der Waals surface area contributed by atoms with Gasteiger partial charge in [0, 0.05) is 60.8 Å². The van der Waals surface area contributed by atoms with E-state index < -0.39 is 0 Å². The Morgan fingerprint density at radius 2 is 0.587 bits per heavy atom. The van der Waals surface area contributed by atoms with Crippen molar-refractivity contribution in [1.29, 1.82) is 0 Å². The SMILES string of the molecule is [C-]#[N+]c1ccc(N(c2ccc(C)cc2)c2c3ccccc3c(-c3ccc4ccccc4c3)c3ccccc23)cc1.[C-]#[N+]c1ccc(N(c2cccc(-n3c4ccc(-c5ccccc5)cc4c4cc(-c5ccccc5)ccc43)c2)c2c3ccccc3c(-c3ccc4ccccc4c3)c3ccccc23)cc1. The van der Waals surface area contributed by atoms with E-state index in [1.54, 1.807) is 0 Å². The summed E-state index contributed by atoms with van der Waals surface area (Å²) in [7, 11) is 0. The molecule has 18 aromatic carbocycles. The molecule has 5 heteroatoms. The Bertz CT molecular complexity index is 6410. The lowest BCUT2D eigenvalue weighted by molar-refractivity contribution is 1.17. The molecule has 0 bridgehead atoms. The topological polar surface area (TPSA) is 20.1 Å². The molecule has 0 aliphatic heterocycles. The minimum absolute atomic E-state index is 0.605. The Morgan fingerprint density at radius 1 is 0.240 bits per heavy atom. The highest BCUT2D eigenvalue weighted by atomic mass is 15.2. The van der Waals surface area contributed by atoms with E-state index in [9.17, 15) is 0 Å². The Balaban J connectivity index is 0.000000165. The number of hydrogen-bond donors (Lipinski definition) is 0. The van der Waals surface area contributed by atoms with Crippen LogP contribution in [0.4, 0.5) is 45.5 Å². The molecule has 0 atom stereocenters. The third-order valence-electron chi connectivity index (χ3n) is 20.4. The van der Waals surface area contributed by atoms with Gasteiger partial charge >= 0.3 is 0 Å². The number of rotatable bonds is 11. The number of nitrogens with zero attached hydrogens (tertiary/aromatic N) is 5. The van der Waals surface area contributed by atoms with Crippen molar-refractivity contribution < 1.29 is 0 Å². The summed E-state index contributed by atoms with van der Waals surface area (Å²) < 4.78 is 2.41. The van der Waals surface area contributed by atoms with Gasteiger partial charge in [0.25, 0.3) is 0 Å². The van der Waals surface area contributed by atoms with Crippen molar-refractivity contribution in [3.63, 3.8) is 0 Å². The maximum absolute atomic E-state index is 7.79. The zero-order valence-electron chi connectivity index (χ0n) is 57.0. The molecular formula is C99H65N5. The van der Waals surface area contributed by atoms with E-state index in [0.717, 1.165) is 61.6 Å². The first-order valence-electron chi connectivity index (χ1n) is 35.2. The summed E-state index contributed by atoms with van der Waals surface area (Å²) in [6.45, 7) is 17.4. The lowest BCUT2D eigenvalue weighted by Crippen LogP contribution is -2.12. The highest BCUT2D eigenvalue weighted by Gasteiger charge is 2.26. The standard InChI is InChI=1S/C61H39N3.C38H26N2/c1-62-48-31-33-49(34-32-48)63(61-54-25-12-10-23-52(54)60(53-24-11-13-26-55(53)61)47-28-27-43-19-8-9-20-44(43)37-47)50-21-14-22-51(40-50)64-58-35-29-45(41-15-4-2-5-16-41)38-56(58)57-39-46(30-36-59(57)64)42-17-6-3-7-18-42;1-26-15-21-31(22-16-26)40(32-23-19-30(39-2)20-24-32)38-35-13-7-5-11-33(35)37(34-12-6-8-14-36(34)38)29-18-17-27-9-3-4-10-28(27)25-29/h2-40H;3-25H,1H3. The number of hydrogen-bond acceptors (Lipinski definition) is 2. The van der Waals surface area contributed by atoms with E-state index in [4.69, 9.17) is 13.1 Å². The fourth-order valence-electron chi connectivity index (χ4n) is 15.6. The second-order valence-electron chi connectivity index (χ2n) is 26.6. The molecular weight excluding hydrogens is 1260 g/mol. The maximum atomic E-state index is 7.79. The summed E-state index contributed by atoms with van der Waals surface area (Å²) in [5, 5.41) is 16.7. The first-order chi connectivity index (χ1) is 51.4. The van der Waals surface area contributed by atoms with Gasteiger partial charge in [-0.25, -0.2) is 9.69 Å². The fourth-order valence-corrected chi connectivity index (χ4v) is 15.6. The van der Waals surface area contributed by atoms with Crippen LogP contribution in [0, 0.1) is 20.1 Å². The summed E-state index contributed by atoms with van der Waals surface area (Å²) >= 11 is 0. The van der Waals surface area contributed by atoms with Gasteiger partial charge in [-0.1, -0.05) is 291 Å². The van der Waals surface area contributed by atoms with Crippen LogP contribution in [0.2, 0.25) is 0 Å². The van der Waals surface area contributed by atoms with Gasteiger partial charge in [0.2, 0.25) is 0 Å². The van der Waals surface area contributed by atoms with Crippen LogP contribution in [-0.2, 0) is 0 Å². The van der Waals surface area contributed by atoms with Crippen LogP contribution in [0.3, 0.4) is 0 Å². The van der Waals surface area contributed by atoms with Crippen molar-refractivity contribution in [3.8, 4) is 50.2 Å². The maximum Gasteiger partial charge on any atom is 0.187 e. The van der Waals surface area contributed by atoms with Gasteiger partial charge in [0.05, 0.1) is 35.6 Å². The van der Waals surface area contributed by atoms with Crippen LogP contribution < -0.4 is 9.80 Å². The lowest BCUT2D eigenvalue weighted by atomic mass is 9.89. The van der Waals surface area contributed by atoms with Gasteiger partial charge in [0.1, 0.15) is 0 Å². The first kappa shape index (κ1) is 62.2. The smallest absolute Gasteiger partial charge is 0.187 e. The third-order valence-corrected chi connectivity index (χ3v) is 20.4. The van der Waals surface area contributed by atoms with E-state index in [-0.39, 0.29) is 0 Å². The molecule has 486 valence electrons. The van der Waals surface area contributed by atoms with Gasteiger partial charge in [-0.05, 0) is 186 Å². The van der Waals surface area contributed by atoms with Gasteiger partial charge in [-0.15, -0.1) is 0 Å². The molecule has 104 heavy (non-hydrogen) atoms. The molecule has 0 amide bonds. The molecule has 0 radical (unpaired) electrons. The van der Waals surface area contributed by atoms with Crippen LogP contribution in [0.5, 0.6) is 0 Å². The van der Waals surface area contributed by atoms with E-state index in [1.165, 1.54) is 115 Å². The lowest BCUT2D eigenvalue weighted by Gasteiger charge is -2.30. The van der Waals surface area contributed by atoms with Crippen molar-refractivity contribution in [2.75, 3.05) is 9.80 Å². The molecule has 1 heterocycles. The molecule has 0 fully saturated rings. The predicted octanol–water partition coefficient (Wildman–Crippen LogP) is 28.4. The van der Waals surface area contributed by atoms with Gasteiger partial charge in [0.15, 0.2) is 11.4 Å². The van der Waals surface area contributed by atoms with Crippen LogP contribution in [0.25, 0.3) is 146 Å². The van der Waals surface area contributed by atoms with Gasteiger partial charge < -0.3 is 14.4 Å². The zero-order valence-corrected chi connectivity index (χ0v) is 57.0. The van der Waals surface area contributed by atoms with Crippen LogP contribution in [-0.4, -0.2) is 4.57 Å².